The molecule has 0 saturated carbocycles. The van der Waals surface area contributed by atoms with Crippen LogP contribution in [0.25, 0.3) is 12.2 Å². The molecule has 0 bridgehead atoms. The van der Waals surface area contributed by atoms with E-state index in [0.717, 1.165) is 12.1 Å². The molecular weight excluding hydrogens is 606 g/mol. The maximum Gasteiger partial charge on any atom is 1.00 e. The molecule has 0 saturated heterocycles. The zero-order chi connectivity index (χ0) is 28.9. The number of benzene rings is 4. The molecule has 4 aromatic carbocycles. The number of phenolic OH excluding ortho intramolecular Hbond substituents is 2. The molecule has 0 radical (unpaired) electrons. The Hall–Kier alpha value is -2.76. The molecule has 12 nitrogen and oxygen atoms in total. The molecule has 42 heavy (non-hydrogen) atoms. The van der Waals surface area contributed by atoms with Crippen molar-refractivity contribution in [2.45, 2.75) is 9.79 Å². The van der Waals surface area contributed by atoms with E-state index in [-0.39, 0.29) is 93.1 Å². The predicted octanol–water partition coefficient (Wildman–Crippen LogP) is -0.0848. The Morgan fingerprint density at radius 2 is 0.786 bits per heavy atom. The van der Waals surface area contributed by atoms with Gasteiger partial charge < -0.3 is 19.3 Å². The Morgan fingerprint density at radius 3 is 1.10 bits per heavy atom. The Labute approximate surface area is 285 Å². The van der Waals surface area contributed by atoms with Crippen molar-refractivity contribution in [1.82, 2.24) is 0 Å². The van der Waals surface area contributed by atoms with Crippen LogP contribution >= 0.6 is 0 Å². The zero-order valence-electron chi connectivity index (χ0n) is 22.2. The van der Waals surface area contributed by atoms with Crippen molar-refractivity contribution in [2.75, 3.05) is 0 Å². The number of hydrogen-bond donors (Lipinski definition) is 2. The number of rotatable bonds is 8. The molecule has 204 valence electrons. The van der Waals surface area contributed by atoms with Crippen LogP contribution < -0.4 is 59.1 Å². The summed E-state index contributed by atoms with van der Waals surface area (Å²) in [5.74, 6) is 0.0479. The summed E-state index contributed by atoms with van der Waals surface area (Å²) in [6, 6.07) is 18.8. The fourth-order valence-electron chi connectivity index (χ4n) is 3.33. The molecule has 0 aliphatic rings. The smallest absolute Gasteiger partial charge is 0.744 e. The molecule has 16 heteroatoms. The monoisotopic (exact) mass is 624 g/mol. The fourth-order valence-corrected chi connectivity index (χ4v) is 4.71. The molecule has 0 aliphatic carbocycles. The minimum Gasteiger partial charge on any atom is -0.744 e. The molecule has 4 aromatic rings. The topological polar surface area (TPSA) is 204 Å². The molecule has 0 aliphatic heterocycles. The number of azo groups is 2. The van der Waals surface area contributed by atoms with Crippen LogP contribution in [-0.4, -0.2) is 36.2 Å². The molecule has 0 fully saturated rings. The summed E-state index contributed by atoms with van der Waals surface area (Å²) in [6.07, 6.45) is 2.35. The van der Waals surface area contributed by atoms with Gasteiger partial charge in [0.2, 0.25) is 0 Å². The Morgan fingerprint density at radius 1 is 0.500 bits per heavy atom. The van der Waals surface area contributed by atoms with Gasteiger partial charge in [-0.15, -0.1) is 0 Å². The number of aromatic hydroxyl groups is 2. The summed E-state index contributed by atoms with van der Waals surface area (Å²) < 4.78 is 71.6. The quantitative estimate of drug-likeness (QED) is 0.117. The van der Waals surface area contributed by atoms with Gasteiger partial charge >= 0.3 is 59.1 Å². The van der Waals surface area contributed by atoms with Gasteiger partial charge in [0.1, 0.15) is 31.7 Å². The van der Waals surface area contributed by atoms with E-state index in [1.165, 1.54) is 84.9 Å². The van der Waals surface area contributed by atoms with Gasteiger partial charge in [-0.05, 0) is 83.9 Å². The molecule has 0 heterocycles. The average Bonchev–Trinajstić information content (AvgIpc) is 2.90. The molecule has 0 unspecified atom stereocenters. The van der Waals surface area contributed by atoms with Crippen LogP contribution in [0, 0.1) is 0 Å². The minimum atomic E-state index is -4.99. The largest absolute Gasteiger partial charge is 1.00 e. The third kappa shape index (κ3) is 9.91. The first-order valence-electron chi connectivity index (χ1n) is 11.2. The summed E-state index contributed by atoms with van der Waals surface area (Å²) in [4.78, 5) is -1.28. The van der Waals surface area contributed by atoms with E-state index in [2.05, 4.69) is 20.5 Å². The second-order valence-electron chi connectivity index (χ2n) is 8.12. The second kappa shape index (κ2) is 15.1. The molecule has 0 spiro atoms. The maximum absolute atomic E-state index is 11.9. The van der Waals surface area contributed by atoms with Gasteiger partial charge in [-0.1, -0.05) is 24.3 Å². The van der Waals surface area contributed by atoms with Crippen LogP contribution in [0.15, 0.2) is 115 Å². The van der Waals surface area contributed by atoms with Gasteiger partial charge in [-0.25, -0.2) is 16.8 Å². The van der Waals surface area contributed by atoms with E-state index in [9.17, 15) is 36.2 Å². The summed E-state index contributed by atoms with van der Waals surface area (Å²) in [5.41, 5.74) is 0.667. The van der Waals surface area contributed by atoms with Crippen molar-refractivity contribution >= 4 is 55.1 Å². The Kier molecular flexibility index (Phi) is 12.7. The number of nitrogens with zero attached hydrogens (tertiary/aromatic N) is 4. The average molecular weight is 625 g/mol. The van der Waals surface area contributed by atoms with Gasteiger partial charge in [-0.2, -0.15) is 20.5 Å². The van der Waals surface area contributed by atoms with E-state index in [1.807, 2.05) is 0 Å². The van der Waals surface area contributed by atoms with Gasteiger partial charge in [0.05, 0.1) is 32.5 Å². The van der Waals surface area contributed by atoms with Crippen LogP contribution in [-0.2, 0) is 20.2 Å². The van der Waals surface area contributed by atoms with Crippen molar-refractivity contribution in [3.8, 4) is 11.5 Å². The first kappa shape index (κ1) is 35.4. The predicted molar refractivity (Wildman–Crippen MR) is 142 cm³/mol. The van der Waals surface area contributed by atoms with Crippen LogP contribution in [0.5, 0.6) is 11.5 Å². The molecule has 4 rings (SSSR count). The van der Waals surface area contributed by atoms with Gasteiger partial charge in [-0.3, -0.25) is 0 Å². The van der Waals surface area contributed by atoms with E-state index >= 15 is 0 Å². The van der Waals surface area contributed by atoms with Crippen molar-refractivity contribution < 1.29 is 95.3 Å². The van der Waals surface area contributed by atoms with E-state index in [1.54, 1.807) is 0 Å². The second-order valence-corrected chi connectivity index (χ2v) is 10.8. The summed E-state index contributed by atoms with van der Waals surface area (Å²) in [5, 5.41) is 34.3. The molecular formula is C26H18N4Na2O8S2. The standard InChI is InChI=1S/C26H20N4O8S2.2Na/c31-23-11-7-19(8-12-23)27-29-21-5-3-17(25(15-21)39(33,34)35)1-2-18-4-6-22(16-26(18)40(36,37)38)30-28-20-9-13-24(32)14-10-20;;/h1-16,31-32H,(H,33,34,35)(H,36,37,38);;/q;2*+1/p-2/b2-1+,29-27+,30-28+;;. The first-order chi connectivity index (χ1) is 18.9. The van der Waals surface area contributed by atoms with Gasteiger partial charge in [0.25, 0.3) is 0 Å². The van der Waals surface area contributed by atoms with Crippen molar-refractivity contribution in [2.24, 2.45) is 20.5 Å². The minimum absolute atomic E-state index is 0. The SMILES string of the molecule is O=S(=O)([O-])c1cc(/N=N/c2ccc(O)cc2)ccc1/C=C/c1ccc(/N=N/c2ccc(O)cc2)cc1S(=O)(=O)[O-].[Na+].[Na+]. The Balaban J connectivity index is 0.00000308. The van der Waals surface area contributed by atoms with Crippen LogP contribution in [0.2, 0.25) is 0 Å². The van der Waals surface area contributed by atoms with E-state index < -0.39 is 30.0 Å². The van der Waals surface area contributed by atoms with Crippen molar-refractivity contribution in [3.05, 3.63) is 96.1 Å². The van der Waals surface area contributed by atoms with Gasteiger partial charge in [0, 0.05) is 0 Å². The summed E-state index contributed by atoms with van der Waals surface area (Å²) in [6.45, 7) is 0. The van der Waals surface area contributed by atoms with Crippen molar-refractivity contribution in [1.29, 1.82) is 0 Å². The number of phenols is 2. The van der Waals surface area contributed by atoms with Crippen LogP contribution in [0.4, 0.5) is 22.7 Å². The maximum atomic E-state index is 11.9. The van der Waals surface area contributed by atoms with E-state index in [4.69, 9.17) is 0 Å². The first-order valence-corrected chi connectivity index (χ1v) is 14.0. The fraction of sp³-hybridized carbons (Fsp3) is 0. The molecule has 2 N–H and O–H groups in total. The molecule has 0 aromatic heterocycles. The van der Waals surface area contributed by atoms with Gasteiger partial charge in [0.15, 0.2) is 0 Å². The van der Waals surface area contributed by atoms with Crippen molar-refractivity contribution in [3.63, 3.8) is 0 Å². The number of hydrogen-bond acceptors (Lipinski definition) is 12. The summed E-state index contributed by atoms with van der Waals surface area (Å²) in [7, 11) is -9.98. The Bertz CT molecular complexity index is 1730. The third-order valence-corrected chi connectivity index (χ3v) is 7.02. The molecule has 0 atom stereocenters. The summed E-state index contributed by atoms with van der Waals surface area (Å²) >= 11 is 0. The van der Waals surface area contributed by atoms with Crippen LogP contribution in [0.1, 0.15) is 11.1 Å². The third-order valence-electron chi connectivity index (χ3n) is 5.24. The molecule has 0 amide bonds. The van der Waals surface area contributed by atoms with E-state index in [0.29, 0.717) is 11.4 Å². The normalized spacial score (nSPS) is 12.0. The van der Waals surface area contributed by atoms with Crippen LogP contribution in [0.3, 0.4) is 0 Å². The zero-order valence-corrected chi connectivity index (χ0v) is 27.8.